The Morgan fingerprint density at radius 1 is 1.56 bits per heavy atom. The second kappa shape index (κ2) is 4.81. The lowest BCUT2D eigenvalue weighted by Gasteiger charge is -2.11. The molecule has 1 aromatic carbocycles. The van der Waals surface area contributed by atoms with E-state index in [2.05, 4.69) is 20.9 Å². The standard InChI is InChI=1S/C11H11BrFN3OS/c1-15(2)10(17)5-16-9-4-7(13)6(12)3-8(9)14-11(16)18/h3-4H,5H2,1-2H3,(H,14,18). The van der Waals surface area contributed by atoms with Crippen LogP contribution in [0, 0.1) is 10.6 Å². The number of nitrogens with one attached hydrogen (secondary N) is 1. The van der Waals surface area contributed by atoms with Crippen molar-refractivity contribution in [3.05, 3.63) is 27.2 Å². The van der Waals surface area contributed by atoms with Gasteiger partial charge in [-0.05, 0) is 34.2 Å². The van der Waals surface area contributed by atoms with Crippen LogP contribution in [0.25, 0.3) is 11.0 Å². The maximum absolute atomic E-state index is 13.5. The van der Waals surface area contributed by atoms with E-state index in [1.54, 1.807) is 24.7 Å². The summed E-state index contributed by atoms with van der Waals surface area (Å²) >= 11 is 8.25. The Labute approximate surface area is 117 Å². The van der Waals surface area contributed by atoms with Crippen molar-refractivity contribution in [1.82, 2.24) is 14.5 Å². The van der Waals surface area contributed by atoms with Crippen molar-refractivity contribution in [3.8, 4) is 0 Å². The van der Waals surface area contributed by atoms with Gasteiger partial charge in [-0.1, -0.05) is 0 Å². The van der Waals surface area contributed by atoms with Crippen molar-refractivity contribution in [3.63, 3.8) is 0 Å². The molecule has 0 aliphatic rings. The molecule has 4 nitrogen and oxygen atoms in total. The third-order valence-electron chi connectivity index (χ3n) is 2.61. The summed E-state index contributed by atoms with van der Waals surface area (Å²) in [7, 11) is 3.33. The third-order valence-corrected chi connectivity index (χ3v) is 3.54. The normalized spacial score (nSPS) is 10.9. The highest BCUT2D eigenvalue weighted by atomic mass is 79.9. The molecule has 2 rings (SSSR count). The number of benzene rings is 1. The first-order valence-electron chi connectivity index (χ1n) is 5.18. The van der Waals surface area contributed by atoms with Gasteiger partial charge in [-0.2, -0.15) is 0 Å². The largest absolute Gasteiger partial charge is 0.347 e. The van der Waals surface area contributed by atoms with E-state index in [1.807, 2.05) is 0 Å². The fraction of sp³-hybridized carbons (Fsp3) is 0.273. The highest BCUT2D eigenvalue weighted by Crippen LogP contribution is 2.23. The molecule has 96 valence electrons. The molecular formula is C11H11BrFN3OS. The van der Waals surface area contributed by atoms with Crippen molar-refractivity contribution in [2.24, 2.45) is 0 Å². The number of H-pyrrole nitrogens is 1. The van der Waals surface area contributed by atoms with Gasteiger partial charge in [-0.3, -0.25) is 4.79 Å². The van der Waals surface area contributed by atoms with Crippen molar-refractivity contribution >= 4 is 45.1 Å². The zero-order chi connectivity index (χ0) is 13.4. The molecule has 0 aliphatic carbocycles. The number of likely N-dealkylation sites (N-methyl/N-ethyl adjacent to an activating group) is 1. The number of carbonyl (C=O) groups excluding carboxylic acids is 1. The molecule has 1 heterocycles. The molecule has 0 aliphatic heterocycles. The molecule has 0 fully saturated rings. The number of carbonyl (C=O) groups is 1. The summed E-state index contributed by atoms with van der Waals surface area (Å²) in [5.41, 5.74) is 1.27. The maximum atomic E-state index is 13.5. The van der Waals surface area contributed by atoms with Crippen LogP contribution in [0.4, 0.5) is 4.39 Å². The Morgan fingerprint density at radius 2 is 2.22 bits per heavy atom. The number of fused-ring (bicyclic) bond motifs is 1. The van der Waals surface area contributed by atoms with E-state index in [0.717, 1.165) is 0 Å². The summed E-state index contributed by atoms with van der Waals surface area (Å²) in [6.07, 6.45) is 0. The van der Waals surface area contributed by atoms with Gasteiger partial charge in [-0.15, -0.1) is 0 Å². The van der Waals surface area contributed by atoms with E-state index < -0.39 is 0 Å². The number of hydrogen-bond donors (Lipinski definition) is 1. The quantitative estimate of drug-likeness (QED) is 0.859. The molecule has 0 saturated heterocycles. The minimum absolute atomic E-state index is 0.0902. The molecule has 1 N–H and O–H groups in total. The van der Waals surface area contributed by atoms with Gasteiger partial charge >= 0.3 is 0 Å². The van der Waals surface area contributed by atoms with Gasteiger partial charge in [0.15, 0.2) is 4.77 Å². The Kier molecular flexibility index (Phi) is 3.54. The molecule has 0 radical (unpaired) electrons. The highest BCUT2D eigenvalue weighted by Gasteiger charge is 2.12. The molecule has 0 spiro atoms. The first kappa shape index (κ1) is 13.2. The van der Waals surface area contributed by atoms with Gasteiger partial charge in [0.2, 0.25) is 5.91 Å². The molecule has 0 atom stereocenters. The van der Waals surface area contributed by atoms with E-state index in [4.69, 9.17) is 12.2 Å². The van der Waals surface area contributed by atoms with E-state index in [0.29, 0.717) is 20.3 Å². The fourth-order valence-electron chi connectivity index (χ4n) is 1.59. The van der Waals surface area contributed by atoms with Crippen LogP contribution in [0.3, 0.4) is 0 Å². The SMILES string of the molecule is CN(C)C(=O)Cn1c(=S)[nH]c2cc(Br)c(F)cc21. The number of halogens is 2. The summed E-state index contributed by atoms with van der Waals surface area (Å²) in [5, 5.41) is 0. The third kappa shape index (κ3) is 2.32. The van der Waals surface area contributed by atoms with Crippen LogP contribution in [0.5, 0.6) is 0 Å². The minimum Gasteiger partial charge on any atom is -0.347 e. The van der Waals surface area contributed by atoms with Crippen molar-refractivity contribution in [2.45, 2.75) is 6.54 Å². The predicted molar refractivity (Wildman–Crippen MR) is 73.5 cm³/mol. The van der Waals surface area contributed by atoms with Gasteiger partial charge in [0, 0.05) is 20.2 Å². The van der Waals surface area contributed by atoms with Gasteiger partial charge in [0.25, 0.3) is 0 Å². The molecule has 0 bridgehead atoms. The zero-order valence-corrected chi connectivity index (χ0v) is 12.2. The summed E-state index contributed by atoms with van der Waals surface area (Å²) in [5.74, 6) is -0.488. The Morgan fingerprint density at radius 3 is 2.83 bits per heavy atom. The van der Waals surface area contributed by atoms with E-state index in [9.17, 15) is 9.18 Å². The summed E-state index contributed by atoms with van der Waals surface area (Å²) in [6.45, 7) is 0.0902. The Balaban J connectivity index is 2.57. The number of imidazole rings is 1. The van der Waals surface area contributed by atoms with Crippen LogP contribution in [-0.4, -0.2) is 34.5 Å². The van der Waals surface area contributed by atoms with Gasteiger partial charge in [0.1, 0.15) is 12.4 Å². The van der Waals surface area contributed by atoms with Crippen LogP contribution in [0.1, 0.15) is 0 Å². The molecule has 2 aromatic rings. The summed E-state index contributed by atoms with van der Waals surface area (Å²) in [4.78, 5) is 16.1. The van der Waals surface area contributed by atoms with E-state index in [-0.39, 0.29) is 18.3 Å². The van der Waals surface area contributed by atoms with E-state index >= 15 is 0 Å². The number of amides is 1. The van der Waals surface area contributed by atoms with Crippen molar-refractivity contribution in [1.29, 1.82) is 0 Å². The molecule has 1 amide bonds. The molecule has 0 saturated carbocycles. The van der Waals surface area contributed by atoms with Gasteiger partial charge < -0.3 is 14.5 Å². The Hall–Kier alpha value is -1.21. The minimum atomic E-state index is -0.387. The topological polar surface area (TPSA) is 41.0 Å². The summed E-state index contributed by atoms with van der Waals surface area (Å²) < 4.78 is 15.9. The number of rotatable bonds is 2. The van der Waals surface area contributed by atoms with Crippen LogP contribution in [0.15, 0.2) is 16.6 Å². The molecule has 0 unspecified atom stereocenters. The second-order valence-corrected chi connectivity index (χ2v) is 5.33. The summed E-state index contributed by atoms with van der Waals surface area (Å²) in [6, 6.07) is 2.96. The highest BCUT2D eigenvalue weighted by molar-refractivity contribution is 9.10. The lowest BCUT2D eigenvalue weighted by molar-refractivity contribution is -0.129. The number of nitrogens with zero attached hydrogens (tertiary/aromatic N) is 2. The smallest absolute Gasteiger partial charge is 0.242 e. The van der Waals surface area contributed by atoms with Crippen LogP contribution in [-0.2, 0) is 11.3 Å². The first-order valence-corrected chi connectivity index (χ1v) is 6.38. The maximum Gasteiger partial charge on any atom is 0.242 e. The molecular weight excluding hydrogens is 321 g/mol. The lowest BCUT2D eigenvalue weighted by atomic mass is 10.3. The van der Waals surface area contributed by atoms with E-state index in [1.165, 1.54) is 11.0 Å². The van der Waals surface area contributed by atoms with Crippen molar-refractivity contribution in [2.75, 3.05) is 14.1 Å². The van der Waals surface area contributed by atoms with Crippen LogP contribution < -0.4 is 0 Å². The first-order chi connectivity index (χ1) is 8.40. The predicted octanol–water partition coefficient (Wildman–Crippen LogP) is 2.69. The Bertz CT molecular complexity index is 677. The van der Waals surface area contributed by atoms with Crippen LogP contribution >= 0.6 is 28.1 Å². The van der Waals surface area contributed by atoms with Crippen molar-refractivity contribution < 1.29 is 9.18 Å². The van der Waals surface area contributed by atoms with Gasteiger partial charge in [0.05, 0.1) is 15.5 Å². The number of aromatic nitrogens is 2. The zero-order valence-electron chi connectivity index (χ0n) is 9.83. The lowest BCUT2D eigenvalue weighted by Crippen LogP contribution is -2.26. The average Bonchev–Trinajstić information content (AvgIpc) is 2.56. The second-order valence-electron chi connectivity index (χ2n) is 4.09. The molecule has 1 aromatic heterocycles. The fourth-order valence-corrected chi connectivity index (χ4v) is 2.20. The van der Waals surface area contributed by atoms with Crippen LogP contribution in [0.2, 0.25) is 0 Å². The monoisotopic (exact) mass is 331 g/mol. The number of aromatic amines is 1. The molecule has 7 heteroatoms. The molecule has 18 heavy (non-hydrogen) atoms. The number of hydrogen-bond acceptors (Lipinski definition) is 2. The average molecular weight is 332 g/mol. The van der Waals surface area contributed by atoms with Gasteiger partial charge in [-0.25, -0.2) is 4.39 Å².